The fraction of sp³-hybridized carbons (Fsp3) is 0.417. The molecule has 2 rings (SSSR count). The van der Waals surface area contributed by atoms with Gasteiger partial charge in [0.2, 0.25) is 0 Å². The summed E-state index contributed by atoms with van der Waals surface area (Å²) in [5.74, 6) is 0.286. The van der Waals surface area contributed by atoms with Gasteiger partial charge >= 0.3 is 0 Å². The van der Waals surface area contributed by atoms with Gasteiger partial charge in [-0.3, -0.25) is 4.79 Å². The molecule has 0 aliphatic rings. The molecular formula is C12H14N2OS. The van der Waals surface area contributed by atoms with Crippen LogP contribution in [0, 0.1) is 12.8 Å². The maximum absolute atomic E-state index is 11.7. The molecule has 0 radical (unpaired) electrons. The minimum atomic E-state index is 0.0600. The second kappa shape index (κ2) is 4.29. The van der Waals surface area contributed by atoms with Gasteiger partial charge in [0.25, 0.3) is 0 Å². The van der Waals surface area contributed by atoms with E-state index in [0.29, 0.717) is 6.42 Å². The number of aryl methyl sites for hydroxylation is 1. The van der Waals surface area contributed by atoms with Gasteiger partial charge in [-0.2, -0.15) is 0 Å². The minimum absolute atomic E-state index is 0.0600. The van der Waals surface area contributed by atoms with Gasteiger partial charge in [-0.05, 0) is 13.0 Å². The maximum atomic E-state index is 11.7. The number of aromatic nitrogens is 2. The number of carbonyl (C=O) groups is 1. The highest BCUT2D eigenvalue weighted by Crippen LogP contribution is 2.25. The van der Waals surface area contributed by atoms with Crippen LogP contribution in [0.4, 0.5) is 0 Å². The van der Waals surface area contributed by atoms with Gasteiger partial charge in [-0.1, -0.05) is 13.8 Å². The summed E-state index contributed by atoms with van der Waals surface area (Å²) in [5, 5.41) is 1.03. The Bertz CT molecular complexity index is 531. The molecule has 4 heteroatoms. The SMILES string of the molecule is Cc1cc2c(CC(=O)C(C)C)ncnc2s1. The van der Waals surface area contributed by atoms with E-state index in [-0.39, 0.29) is 11.7 Å². The smallest absolute Gasteiger partial charge is 0.141 e. The number of carbonyl (C=O) groups excluding carboxylic acids is 1. The quantitative estimate of drug-likeness (QED) is 0.820. The van der Waals surface area contributed by atoms with Gasteiger partial charge in [-0.15, -0.1) is 11.3 Å². The third kappa shape index (κ3) is 2.11. The Labute approximate surface area is 98.5 Å². The minimum Gasteiger partial charge on any atom is -0.299 e. The van der Waals surface area contributed by atoms with E-state index in [0.717, 1.165) is 15.9 Å². The molecule has 16 heavy (non-hydrogen) atoms. The number of hydrogen-bond acceptors (Lipinski definition) is 4. The van der Waals surface area contributed by atoms with E-state index < -0.39 is 0 Å². The Morgan fingerprint density at radius 1 is 1.44 bits per heavy atom. The Morgan fingerprint density at radius 2 is 2.19 bits per heavy atom. The second-order valence-corrected chi connectivity index (χ2v) is 5.43. The highest BCUT2D eigenvalue weighted by molar-refractivity contribution is 7.18. The van der Waals surface area contributed by atoms with Crippen molar-refractivity contribution >= 4 is 27.3 Å². The van der Waals surface area contributed by atoms with Gasteiger partial charge in [-0.25, -0.2) is 9.97 Å². The van der Waals surface area contributed by atoms with Gasteiger partial charge in [0.15, 0.2) is 0 Å². The summed E-state index contributed by atoms with van der Waals surface area (Å²) < 4.78 is 0. The summed E-state index contributed by atoms with van der Waals surface area (Å²) in [5.41, 5.74) is 0.855. The number of ketones is 1. The Morgan fingerprint density at radius 3 is 2.88 bits per heavy atom. The summed E-state index contributed by atoms with van der Waals surface area (Å²) in [6.07, 6.45) is 1.95. The fourth-order valence-corrected chi connectivity index (χ4v) is 2.40. The third-order valence-electron chi connectivity index (χ3n) is 2.52. The number of fused-ring (bicyclic) bond motifs is 1. The van der Waals surface area contributed by atoms with Crippen molar-refractivity contribution in [1.29, 1.82) is 0 Å². The van der Waals surface area contributed by atoms with E-state index in [9.17, 15) is 4.79 Å². The molecular weight excluding hydrogens is 220 g/mol. The molecule has 2 aromatic rings. The Balaban J connectivity index is 2.40. The summed E-state index contributed by atoms with van der Waals surface area (Å²) in [6, 6.07) is 2.06. The molecule has 84 valence electrons. The summed E-state index contributed by atoms with van der Waals surface area (Å²) in [4.78, 5) is 22.3. The van der Waals surface area contributed by atoms with Crippen molar-refractivity contribution in [3.63, 3.8) is 0 Å². The molecule has 0 amide bonds. The van der Waals surface area contributed by atoms with Crippen LogP contribution in [0.3, 0.4) is 0 Å². The molecule has 0 fully saturated rings. The third-order valence-corrected chi connectivity index (χ3v) is 3.48. The van der Waals surface area contributed by atoms with E-state index >= 15 is 0 Å². The lowest BCUT2D eigenvalue weighted by Gasteiger charge is -2.03. The number of rotatable bonds is 3. The number of hydrogen-bond donors (Lipinski definition) is 0. The van der Waals surface area contributed by atoms with Crippen molar-refractivity contribution in [3.8, 4) is 0 Å². The Hall–Kier alpha value is -1.29. The topological polar surface area (TPSA) is 42.9 Å². The van der Waals surface area contributed by atoms with Gasteiger partial charge in [0, 0.05) is 22.6 Å². The normalized spacial score (nSPS) is 11.2. The predicted molar refractivity (Wildman–Crippen MR) is 65.7 cm³/mol. The molecule has 0 spiro atoms. The van der Waals surface area contributed by atoms with Gasteiger partial charge in [0.1, 0.15) is 16.9 Å². The molecule has 2 aromatic heterocycles. The van der Waals surface area contributed by atoms with Crippen molar-refractivity contribution in [3.05, 3.63) is 23.0 Å². The van der Waals surface area contributed by atoms with Crippen molar-refractivity contribution in [2.75, 3.05) is 0 Å². The van der Waals surface area contributed by atoms with Crippen molar-refractivity contribution < 1.29 is 4.79 Å². The zero-order valence-electron chi connectivity index (χ0n) is 9.65. The summed E-state index contributed by atoms with van der Waals surface area (Å²) >= 11 is 1.64. The lowest BCUT2D eigenvalue weighted by molar-refractivity contribution is -0.121. The summed E-state index contributed by atoms with van der Waals surface area (Å²) in [7, 11) is 0. The van der Waals surface area contributed by atoms with Crippen LogP contribution in [-0.2, 0) is 11.2 Å². The first-order valence-electron chi connectivity index (χ1n) is 5.30. The maximum Gasteiger partial charge on any atom is 0.141 e. The molecule has 0 N–H and O–H groups in total. The number of thiophene rings is 1. The van der Waals surface area contributed by atoms with Crippen molar-refractivity contribution in [2.24, 2.45) is 5.92 Å². The van der Waals surface area contributed by atoms with Crippen LogP contribution in [0.5, 0.6) is 0 Å². The molecule has 0 saturated carbocycles. The van der Waals surface area contributed by atoms with E-state index in [1.807, 2.05) is 20.8 Å². The first-order chi connectivity index (χ1) is 7.58. The standard InChI is InChI=1S/C12H14N2OS/c1-7(2)11(15)5-10-9-4-8(3)16-12(9)14-6-13-10/h4,6-7H,5H2,1-3H3. The molecule has 0 atom stereocenters. The van der Waals surface area contributed by atoms with Crippen LogP contribution in [-0.4, -0.2) is 15.8 Å². The molecule has 0 bridgehead atoms. The van der Waals surface area contributed by atoms with Crippen LogP contribution in [0.2, 0.25) is 0 Å². The monoisotopic (exact) mass is 234 g/mol. The molecule has 2 heterocycles. The van der Waals surface area contributed by atoms with Gasteiger partial charge in [0.05, 0.1) is 5.69 Å². The highest BCUT2D eigenvalue weighted by atomic mass is 32.1. The largest absolute Gasteiger partial charge is 0.299 e. The predicted octanol–water partition coefficient (Wildman–Crippen LogP) is 2.77. The van der Waals surface area contributed by atoms with E-state index in [2.05, 4.69) is 16.0 Å². The highest BCUT2D eigenvalue weighted by Gasteiger charge is 2.13. The number of Topliss-reactive ketones (excluding diaryl/α,β-unsaturated/α-hetero) is 1. The van der Waals surface area contributed by atoms with Gasteiger partial charge < -0.3 is 0 Å². The number of nitrogens with zero attached hydrogens (tertiary/aromatic N) is 2. The van der Waals surface area contributed by atoms with E-state index in [1.54, 1.807) is 17.7 Å². The fourth-order valence-electron chi connectivity index (χ4n) is 1.54. The van der Waals surface area contributed by atoms with Crippen LogP contribution >= 0.6 is 11.3 Å². The zero-order valence-corrected chi connectivity index (χ0v) is 10.5. The molecule has 3 nitrogen and oxygen atoms in total. The first kappa shape index (κ1) is 11.2. The average Bonchev–Trinajstić information content (AvgIpc) is 2.59. The van der Waals surface area contributed by atoms with E-state index in [4.69, 9.17) is 0 Å². The lowest BCUT2D eigenvalue weighted by atomic mass is 10.0. The van der Waals surface area contributed by atoms with Crippen molar-refractivity contribution in [1.82, 2.24) is 9.97 Å². The zero-order chi connectivity index (χ0) is 11.7. The first-order valence-corrected chi connectivity index (χ1v) is 6.12. The molecule has 0 aliphatic heterocycles. The van der Waals surface area contributed by atoms with Crippen LogP contribution in [0.15, 0.2) is 12.4 Å². The molecule has 0 unspecified atom stereocenters. The average molecular weight is 234 g/mol. The summed E-state index contributed by atoms with van der Waals surface area (Å²) in [6.45, 7) is 5.87. The van der Waals surface area contributed by atoms with E-state index in [1.165, 1.54) is 4.88 Å². The van der Waals surface area contributed by atoms with Crippen LogP contribution in [0.1, 0.15) is 24.4 Å². The molecule has 0 aliphatic carbocycles. The second-order valence-electron chi connectivity index (χ2n) is 4.19. The molecule has 0 aromatic carbocycles. The Kier molecular flexibility index (Phi) is 3.01. The van der Waals surface area contributed by atoms with Crippen LogP contribution < -0.4 is 0 Å². The molecule has 0 saturated heterocycles. The lowest BCUT2D eigenvalue weighted by Crippen LogP contribution is -2.11. The van der Waals surface area contributed by atoms with Crippen molar-refractivity contribution in [2.45, 2.75) is 27.2 Å². The van der Waals surface area contributed by atoms with Crippen LogP contribution in [0.25, 0.3) is 10.2 Å².